The lowest BCUT2D eigenvalue weighted by molar-refractivity contribution is -0.324. The lowest BCUT2D eigenvalue weighted by Gasteiger charge is -2.45. The van der Waals surface area contributed by atoms with E-state index in [0.29, 0.717) is 5.92 Å². The molecule has 0 N–H and O–H groups in total. The number of carboxylic acids is 1. The highest BCUT2D eigenvalue weighted by Gasteiger charge is 2.53. The zero-order chi connectivity index (χ0) is 11.1. The molecule has 1 saturated carbocycles. The minimum Gasteiger partial charge on any atom is -0.550 e. The van der Waals surface area contributed by atoms with Crippen molar-refractivity contribution >= 4 is 5.97 Å². The minimum absolute atomic E-state index is 0.105. The van der Waals surface area contributed by atoms with E-state index in [2.05, 4.69) is 12.2 Å². The molecule has 1 fully saturated rings. The smallest absolute Gasteiger partial charge is 0.0482 e. The lowest BCUT2D eigenvalue weighted by atomic mass is 9.62. The number of hydrogen-bond donors (Lipinski definition) is 0. The fraction of sp³-hybridized carbons (Fsp3) is 0.769. The molecule has 0 aliphatic heterocycles. The second-order valence-electron chi connectivity index (χ2n) is 5.39. The summed E-state index contributed by atoms with van der Waals surface area (Å²) in [5.74, 6) is -0.239. The molecule has 0 amide bonds. The second-order valence-corrected chi connectivity index (χ2v) is 5.39. The SMILES string of the molecule is CCCC(C)(C(=O)[O-])C12C=CC(CC1)C2. The lowest BCUT2D eigenvalue weighted by Crippen LogP contribution is -2.49. The maximum Gasteiger partial charge on any atom is 0.0482 e. The molecule has 15 heavy (non-hydrogen) atoms. The van der Waals surface area contributed by atoms with Gasteiger partial charge < -0.3 is 9.90 Å². The van der Waals surface area contributed by atoms with Crippen molar-refractivity contribution in [3.8, 4) is 0 Å². The molecule has 0 heterocycles. The van der Waals surface area contributed by atoms with Crippen molar-refractivity contribution in [3.63, 3.8) is 0 Å². The van der Waals surface area contributed by atoms with E-state index >= 15 is 0 Å². The zero-order valence-corrected chi connectivity index (χ0v) is 9.58. The Balaban J connectivity index is 2.33. The molecule has 2 nitrogen and oxygen atoms in total. The Morgan fingerprint density at radius 2 is 2.40 bits per heavy atom. The molecular weight excluding hydrogens is 188 g/mol. The fourth-order valence-corrected chi connectivity index (χ4v) is 3.49. The number of carbonyl (C=O) groups is 1. The molecule has 2 heteroatoms. The molecule has 0 aromatic carbocycles. The van der Waals surface area contributed by atoms with Crippen LogP contribution in [0.2, 0.25) is 0 Å². The molecule has 2 aliphatic carbocycles. The number of aliphatic carboxylic acids is 1. The summed E-state index contributed by atoms with van der Waals surface area (Å²) < 4.78 is 0. The number of rotatable bonds is 4. The van der Waals surface area contributed by atoms with Crippen molar-refractivity contribution in [2.75, 3.05) is 0 Å². The first-order valence-electron chi connectivity index (χ1n) is 5.95. The van der Waals surface area contributed by atoms with Crippen LogP contribution in [0.15, 0.2) is 12.2 Å². The summed E-state index contributed by atoms with van der Waals surface area (Å²) >= 11 is 0. The molecule has 2 aliphatic rings. The van der Waals surface area contributed by atoms with Gasteiger partial charge in [0.25, 0.3) is 0 Å². The van der Waals surface area contributed by atoms with Gasteiger partial charge in [0.15, 0.2) is 0 Å². The van der Waals surface area contributed by atoms with Crippen LogP contribution in [-0.2, 0) is 4.79 Å². The first kappa shape index (κ1) is 10.7. The highest BCUT2D eigenvalue weighted by atomic mass is 16.4. The van der Waals surface area contributed by atoms with Crippen LogP contribution in [0, 0.1) is 16.7 Å². The van der Waals surface area contributed by atoms with E-state index < -0.39 is 11.4 Å². The van der Waals surface area contributed by atoms with E-state index in [-0.39, 0.29) is 5.41 Å². The first-order chi connectivity index (χ1) is 7.04. The minimum atomic E-state index is -0.864. The molecule has 0 saturated heterocycles. The third-order valence-corrected chi connectivity index (χ3v) is 4.57. The summed E-state index contributed by atoms with van der Waals surface area (Å²) in [7, 11) is 0. The van der Waals surface area contributed by atoms with Crippen molar-refractivity contribution in [1.29, 1.82) is 0 Å². The fourth-order valence-electron chi connectivity index (χ4n) is 3.49. The van der Waals surface area contributed by atoms with Crippen LogP contribution < -0.4 is 5.11 Å². The molecule has 2 bridgehead atoms. The molecule has 0 aromatic rings. The van der Waals surface area contributed by atoms with Crippen molar-refractivity contribution in [2.45, 2.75) is 46.0 Å². The summed E-state index contributed by atoms with van der Waals surface area (Å²) in [4.78, 5) is 11.4. The largest absolute Gasteiger partial charge is 0.550 e. The number of allylic oxidation sites excluding steroid dienone is 2. The van der Waals surface area contributed by atoms with Crippen LogP contribution in [0.1, 0.15) is 46.0 Å². The maximum atomic E-state index is 11.4. The average Bonchev–Trinajstić information content (AvgIpc) is 2.78. The van der Waals surface area contributed by atoms with Gasteiger partial charge in [-0.05, 0) is 37.0 Å². The van der Waals surface area contributed by atoms with Gasteiger partial charge in [-0.15, -0.1) is 0 Å². The number of hydrogen-bond acceptors (Lipinski definition) is 2. The van der Waals surface area contributed by atoms with Gasteiger partial charge in [0, 0.05) is 11.4 Å². The van der Waals surface area contributed by atoms with Crippen LogP contribution in [-0.4, -0.2) is 5.97 Å². The summed E-state index contributed by atoms with van der Waals surface area (Å²) in [6, 6.07) is 0. The second kappa shape index (κ2) is 3.36. The molecule has 0 spiro atoms. The number of carboxylic acid groups (broad SMARTS) is 1. The number of carbonyl (C=O) groups excluding carboxylic acids is 1. The van der Waals surface area contributed by atoms with Gasteiger partial charge >= 0.3 is 0 Å². The van der Waals surface area contributed by atoms with E-state index in [1.54, 1.807) is 0 Å². The molecule has 2 rings (SSSR count). The molecule has 0 radical (unpaired) electrons. The molecule has 3 atom stereocenters. The summed E-state index contributed by atoms with van der Waals surface area (Å²) in [6.45, 7) is 3.92. The summed E-state index contributed by atoms with van der Waals surface area (Å²) in [6.07, 6.45) is 9.21. The van der Waals surface area contributed by atoms with Crippen molar-refractivity contribution in [2.24, 2.45) is 16.7 Å². The highest BCUT2D eigenvalue weighted by Crippen LogP contribution is 2.60. The van der Waals surface area contributed by atoms with Crippen LogP contribution in [0.25, 0.3) is 0 Å². The quantitative estimate of drug-likeness (QED) is 0.660. The Hall–Kier alpha value is -0.790. The third kappa shape index (κ3) is 1.34. The Bertz CT molecular complexity index is 308. The Kier molecular flexibility index (Phi) is 2.40. The van der Waals surface area contributed by atoms with Crippen LogP contribution >= 0.6 is 0 Å². The molecule has 3 unspecified atom stereocenters. The van der Waals surface area contributed by atoms with Crippen molar-refractivity contribution in [1.82, 2.24) is 0 Å². The van der Waals surface area contributed by atoms with Gasteiger partial charge in [-0.1, -0.05) is 32.4 Å². The highest BCUT2D eigenvalue weighted by molar-refractivity contribution is 5.74. The van der Waals surface area contributed by atoms with E-state index in [1.165, 1.54) is 0 Å². The predicted octanol–water partition coefficient (Wildman–Crippen LogP) is 1.90. The molecule has 84 valence electrons. The van der Waals surface area contributed by atoms with Gasteiger partial charge in [0.1, 0.15) is 0 Å². The predicted molar refractivity (Wildman–Crippen MR) is 56.9 cm³/mol. The number of fused-ring (bicyclic) bond motifs is 2. The van der Waals surface area contributed by atoms with E-state index in [9.17, 15) is 9.90 Å². The van der Waals surface area contributed by atoms with Crippen molar-refractivity contribution < 1.29 is 9.90 Å². The van der Waals surface area contributed by atoms with Gasteiger partial charge in [-0.2, -0.15) is 0 Å². The average molecular weight is 207 g/mol. The topological polar surface area (TPSA) is 40.1 Å². The van der Waals surface area contributed by atoms with Gasteiger partial charge in [0.2, 0.25) is 0 Å². The van der Waals surface area contributed by atoms with Crippen molar-refractivity contribution in [3.05, 3.63) is 12.2 Å². The zero-order valence-electron chi connectivity index (χ0n) is 9.58. The molecule has 0 aromatic heterocycles. The Morgan fingerprint density at radius 3 is 2.73 bits per heavy atom. The Morgan fingerprint density at radius 1 is 1.67 bits per heavy atom. The van der Waals surface area contributed by atoms with Crippen LogP contribution in [0.4, 0.5) is 0 Å². The standard InChI is InChI=1S/C13H20O2/c1-3-6-12(2,11(14)15)13-7-4-10(9-13)5-8-13/h4,7,10H,3,5-6,8-9H2,1-2H3,(H,14,15)/p-1. The van der Waals surface area contributed by atoms with Gasteiger partial charge in [-0.25, -0.2) is 0 Å². The van der Waals surface area contributed by atoms with Gasteiger partial charge in [-0.3, -0.25) is 0 Å². The molecular formula is C13H19O2-. The first-order valence-corrected chi connectivity index (χ1v) is 5.95. The normalized spacial score (nSPS) is 36.8. The Labute approximate surface area is 91.4 Å². The van der Waals surface area contributed by atoms with Gasteiger partial charge in [0.05, 0.1) is 0 Å². The van der Waals surface area contributed by atoms with E-state index in [0.717, 1.165) is 32.1 Å². The van der Waals surface area contributed by atoms with Crippen LogP contribution in [0.3, 0.4) is 0 Å². The van der Waals surface area contributed by atoms with E-state index in [4.69, 9.17) is 0 Å². The monoisotopic (exact) mass is 207 g/mol. The van der Waals surface area contributed by atoms with E-state index in [1.807, 2.05) is 13.8 Å². The van der Waals surface area contributed by atoms with Crippen LogP contribution in [0.5, 0.6) is 0 Å². The maximum absolute atomic E-state index is 11.4. The summed E-state index contributed by atoms with van der Waals surface area (Å²) in [5.41, 5.74) is -0.768. The third-order valence-electron chi connectivity index (χ3n) is 4.57. The summed E-state index contributed by atoms with van der Waals surface area (Å²) in [5, 5.41) is 11.4.